The van der Waals surface area contributed by atoms with Crippen LogP contribution in [-0.2, 0) is 16.1 Å². The predicted molar refractivity (Wildman–Crippen MR) is 112 cm³/mol. The summed E-state index contributed by atoms with van der Waals surface area (Å²) in [5, 5.41) is 5.47. The van der Waals surface area contributed by atoms with Crippen molar-refractivity contribution in [3.05, 3.63) is 65.2 Å². The molecule has 0 aliphatic carbocycles. The Morgan fingerprint density at radius 2 is 1.87 bits per heavy atom. The van der Waals surface area contributed by atoms with Crippen molar-refractivity contribution in [1.29, 1.82) is 0 Å². The van der Waals surface area contributed by atoms with Gasteiger partial charge in [0.25, 0.3) is 11.8 Å². The molecule has 2 aromatic carbocycles. The zero-order valence-electron chi connectivity index (χ0n) is 16.9. The maximum absolute atomic E-state index is 13.1. The Balaban J connectivity index is 1.53. The van der Waals surface area contributed by atoms with Crippen LogP contribution in [0.4, 0.5) is 5.69 Å². The van der Waals surface area contributed by atoms with Crippen LogP contribution in [0.3, 0.4) is 0 Å². The summed E-state index contributed by atoms with van der Waals surface area (Å²) in [5.74, 6) is -0.427. The van der Waals surface area contributed by atoms with E-state index in [9.17, 15) is 14.4 Å². The zero-order valence-corrected chi connectivity index (χ0v) is 16.9. The van der Waals surface area contributed by atoms with E-state index in [4.69, 9.17) is 4.74 Å². The quantitative estimate of drug-likeness (QED) is 0.798. The second kappa shape index (κ2) is 8.28. The third-order valence-electron chi connectivity index (χ3n) is 5.94. The molecule has 2 aliphatic rings. The molecule has 4 rings (SSSR count). The van der Waals surface area contributed by atoms with E-state index in [1.54, 1.807) is 31.3 Å². The van der Waals surface area contributed by atoms with Crippen molar-refractivity contribution in [3.8, 4) is 0 Å². The topological polar surface area (TPSA) is 87.7 Å². The molecule has 2 N–H and O–H groups in total. The van der Waals surface area contributed by atoms with E-state index in [1.807, 2.05) is 29.2 Å². The maximum Gasteiger partial charge on any atom is 0.254 e. The number of carbonyl (C=O) groups is 3. The SMILES string of the molecule is CNC(=O)c1cccc(NC(=O)CC2(N3Cc4ccccc4C3=O)CCOCC2)c1. The average Bonchev–Trinajstić information content (AvgIpc) is 3.11. The second-order valence-corrected chi connectivity index (χ2v) is 7.77. The highest BCUT2D eigenvalue weighted by atomic mass is 16.5. The summed E-state index contributed by atoms with van der Waals surface area (Å²) in [6.07, 6.45) is 1.40. The molecule has 0 aromatic heterocycles. The standard InChI is InChI=1S/C23H25N3O4/c1-24-21(28)16-6-4-7-18(13-16)25-20(27)14-23(9-11-30-12-10-23)26-15-17-5-2-3-8-19(17)22(26)29/h2-8,13H,9-12,14-15H2,1H3,(H,24,28)(H,25,27). The van der Waals surface area contributed by atoms with Crippen molar-refractivity contribution >= 4 is 23.4 Å². The Labute approximate surface area is 175 Å². The van der Waals surface area contributed by atoms with E-state index in [-0.39, 0.29) is 24.1 Å². The van der Waals surface area contributed by atoms with Crippen molar-refractivity contribution < 1.29 is 19.1 Å². The van der Waals surface area contributed by atoms with Crippen molar-refractivity contribution in [2.75, 3.05) is 25.6 Å². The third kappa shape index (κ3) is 3.80. The summed E-state index contributed by atoms with van der Waals surface area (Å²) in [5.41, 5.74) is 2.14. The molecule has 0 bridgehead atoms. The van der Waals surface area contributed by atoms with Gasteiger partial charge in [0.05, 0.1) is 12.0 Å². The molecule has 0 unspecified atom stereocenters. The van der Waals surface area contributed by atoms with Crippen molar-refractivity contribution in [2.24, 2.45) is 0 Å². The number of nitrogens with zero attached hydrogens (tertiary/aromatic N) is 1. The molecule has 30 heavy (non-hydrogen) atoms. The highest BCUT2D eigenvalue weighted by molar-refractivity contribution is 6.00. The Morgan fingerprint density at radius 3 is 2.60 bits per heavy atom. The van der Waals surface area contributed by atoms with Crippen molar-refractivity contribution in [1.82, 2.24) is 10.2 Å². The molecule has 2 aromatic rings. The largest absolute Gasteiger partial charge is 0.381 e. The van der Waals surface area contributed by atoms with Crippen LogP contribution in [0.15, 0.2) is 48.5 Å². The van der Waals surface area contributed by atoms with Crippen LogP contribution < -0.4 is 10.6 Å². The van der Waals surface area contributed by atoms with Gasteiger partial charge in [-0.05, 0) is 42.7 Å². The van der Waals surface area contributed by atoms with E-state index < -0.39 is 5.54 Å². The number of ether oxygens (including phenoxy) is 1. The predicted octanol–water partition coefficient (Wildman–Crippen LogP) is 2.58. The lowest BCUT2D eigenvalue weighted by atomic mass is 9.84. The third-order valence-corrected chi connectivity index (χ3v) is 5.94. The molecule has 0 spiro atoms. The molecule has 0 saturated carbocycles. The molecule has 156 valence electrons. The van der Waals surface area contributed by atoms with Gasteiger partial charge in [0.1, 0.15) is 0 Å². The molecule has 3 amide bonds. The lowest BCUT2D eigenvalue weighted by Gasteiger charge is -2.44. The minimum Gasteiger partial charge on any atom is -0.381 e. The molecule has 7 heteroatoms. The van der Waals surface area contributed by atoms with Gasteiger partial charge >= 0.3 is 0 Å². The number of amides is 3. The molecule has 2 aliphatic heterocycles. The number of hydrogen-bond donors (Lipinski definition) is 2. The number of anilines is 1. The molecule has 2 heterocycles. The van der Waals surface area contributed by atoms with Crippen LogP contribution in [0.25, 0.3) is 0 Å². The Kier molecular flexibility index (Phi) is 5.55. The van der Waals surface area contributed by atoms with E-state index in [1.165, 1.54) is 0 Å². The summed E-state index contributed by atoms with van der Waals surface area (Å²) in [4.78, 5) is 39.8. The fourth-order valence-electron chi connectivity index (χ4n) is 4.32. The molecule has 1 fully saturated rings. The number of benzene rings is 2. The van der Waals surface area contributed by atoms with E-state index >= 15 is 0 Å². The van der Waals surface area contributed by atoms with Gasteiger partial charge in [-0.1, -0.05) is 24.3 Å². The molecular formula is C23H25N3O4. The second-order valence-electron chi connectivity index (χ2n) is 7.77. The molecule has 0 radical (unpaired) electrons. The molecule has 7 nitrogen and oxygen atoms in total. The molecule has 0 atom stereocenters. The fraction of sp³-hybridized carbons (Fsp3) is 0.348. The number of carbonyl (C=O) groups excluding carboxylic acids is 3. The first-order valence-electron chi connectivity index (χ1n) is 10.1. The van der Waals surface area contributed by atoms with Crippen LogP contribution in [0.5, 0.6) is 0 Å². The lowest BCUT2D eigenvalue weighted by molar-refractivity contribution is -0.120. The minimum atomic E-state index is -0.586. The summed E-state index contributed by atoms with van der Waals surface area (Å²) in [7, 11) is 1.56. The first kappa shape index (κ1) is 20.1. The van der Waals surface area contributed by atoms with E-state index in [2.05, 4.69) is 10.6 Å². The van der Waals surface area contributed by atoms with E-state index in [0.717, 1.165) is 5.56 Å². The number of rotatable bonds is 5. The van der Waals surface area contributed by atoms with Gasteiger partial charge in [-0.25, -0.2) is 0 Å². The van der Waals surface area contributed by atoms with Gasteiger partial charge in [0.15, 0.2) is 0 Å². The van der Waals surface area contributed by atoms with Crippen LogP contribution in [0.1, 0.15) is 45.5 Å². The van der Waals surface area contributed by atoms with Crippen LogP contribution >= 0.6 is 0 Å². The van der Waals surface area contributed by atoms with Gasteiger partial charge in [0, 0.05) is 43.6 Å². The van der Waals surface area contributed by atoms with Gasteiger partial charge < -0.3 is 20.3 Å². The van der Waals surface area contributed by atoms with Gasteiger partial charge in [-0.15, -0.1) is 0 Å². The van der Waals surface area contributed by atoms with Crippen LogP contribution in [0.2, 0.25) is 0 Å². The highest BCUT2D eigenvalue weighted by Crippen LogP contribution is 2.38. The fourth-order valence-corrected chi connectivity index (χ4v) is 4.32. The van der Waals surface area contributed by atoms with Gasteiger partial charge in [0.2, 0.25) is 5.91 Å². The first-order valence-corrected chi connectivity index (χ1v) is 10.1. The minimum absolute atomic E-state index is 0.0260. The Bertz CT molecular complexity index is 982. The summed E-state index contributed by atoms with van der Waals surface area (Å²) < 4.78 is 5.54. The van der Waals surface area contributed by atoms with E-state index in [0.29, 0.717) is 49.4 Å². The first-order chi connectivity index (χ1) is 14.5. The number of nitrogens with one attached hydrogen (secondary N) is 2. The summed E-state index contributed by atoms with van der Waals surface area (Å²) in [6, 6.07) is 14.4. The summed E-state index contributed by atoms with van der Waals surface area (Å²) >= 11 is 0. The summed E-state index contributed by atoms with van der Waals surface area (Å²) in [6.45, 7) is 1.54. The van der Waals surface area contributed by atoms with Crippen LogP contribution in [-0.4, -0.2) is 48.4 Å². The van der Waals surface area contributed by atoms with Crippen molar-refractivity contribution in [3.63, 3.8) is 0 Å². The Hall–Kier alpha value is -3.19. The van der Waals surface area contributed by atoms with Gasteiger partial charge in [-0.3, -0.25) is 14.4 Å². The number of fused-ring (bicyclic) bond motifs is 1. The Morgan fingerprint density at radius 1 is 1.10 bits per heavy atom. The normalized spacial score (nSPS) is 17.4. The van der Waals surface area contributed by atoms with Crippen LogP contribution in [0, 0.1) is 0 Å². The molecule has 1 saturated heterocycles. The zero-order chi connectivity index (χ0) is 21.1. The maximum atomic E-state index is 13.1. The monoisotopic (exact) mass is 407 g/mol. The highest BCUT2D eigenvalue weighted by Gasteiger charge is 2.46. The smallest absolute Gasteiger partial charge is 0.254 e. The van der Waals surface area contributed by atoms with Gasteiger partial charge in [-0.2, -0.15) is 0 Å². The lowest BCUT2D eigenvalue weighted by Crippen LogP contribution is -2.54. The number of hydrogen-bond acceptors (Lipinski definition) is 4. The molecular weight excluding hydrogens is 382 g/mol. The average molecular weight is 407 g/mol. The van der Waals surface area contributed by atoms with Crippen molar-refractivity contribution in [2.45, 2.75) is 31.3 Å².